The number of aryl methyl sites for hydroxylation is 1. The Labute approximate surface area is 93.5 Å². The molecule has 0 bridgehead atoms. The maximum absolute atomic E-state index is 8.69. The monoisotopic (exact) mass is 228 g/mol. The van der Waals surface area contributed by atoms with E-state index in [0.717, 1.165) is 22.8 Å². The van der Waals surface area contributed by atoms with E-state index in [2.05, 4.69) is 15.4 Å². The van der Waals surface area contributed by atoms with Gasteiger partial charge in [-0.25, -0.2) is 15.8 Å². The first-order valence-electron chi connectivity index (χ1n) is 4.74. The average molecular weight is 228 g/mol. The summed E-state index contributed by atoms with van der Waals surface area (Å²) in [5.41, 5.74) is 3.50. The van der Waals surface area contributed by atoms with Gasteiger partial charge in [0.25, 0.3) is 0 Å². The van der Waals surface area contributed by atoms with Crippen LogP contribution in [-0.2, 0) is 0 Å². The van der Waals surface area contributed by atoms with Crippen LogP contribution in [0.5, 0.6) is 0 Å². The minimum atomic E-state index is 0.206. The van der Waals surface area contributed by atoms with Gasteiger partial charge in [-0.2, -0.15) is 0 Å². The van der Waals surface area contributed by atoms with Gasteiger partial charge in [-0.1, -0.05) is 0 Å². The number of nitrogens with two attached hydrogens (primary N) is 1. The summed E-state index contributed by atoms with van der Waals surface area (Å²) in [6, 6.07) is 0. The largest absolute Gasteiger partial charge is 0.396 e. The third-order valence-corrected chi connectivity index (χ3v) is 3.05. The van der Waals surface area contributed by atoms with Crippen LogP contribution < -0.4 is 11.3 Å². The van der Waals surface area contributed by atoms with Crippen molar-refractivity contribution in [1.29, 1.82) is 0 Å². The molecule has 1 aromatic heterocycles. The molecule has 5 nitrogen and oxygen atoms in total. The van der Waals surface area contributed by atoms with Crippen LogP contribution in [0.1, 0.15) is 17.8 Å². The van der Waals surface area contributed by atoms with E-state index >= 15 is 0 Å². The quantitative estimate of drug-likeness (QED) is 0.228. The van der Waals surface area contributed by atoms with Gasteiger partial charge in [0, 0.05) is 17.9 Å². The van der Waals surface area contributed by atoms with Crippen LogP contribution in [0.2, 0.25) is 0 Å². The zero-order chi connectivity index (χ0) is 11.3. The number of rotatable bonds is 5. The van der Waals surface area contributed by atoms with Crippen LogP contribution in [0.25, 0.3) is 0 Å². The van der Waals surface area contributed by atoms with Crippen molar-refractivity contribution in [2.45, 2.75) is 25.3 Å². The fourth-order valence-corrected chi connectivity index (χ4v) is 2.09. The van der Waals surface area contributed by atoms with Gasteiger partial charge in [0.15, 0.2) is 0 Å². The van der Waals surface area contributed by atoms with E-state index in [4.69, 9.17) is 10.9 Å². The molecule has 4 N–H and O–H groups in total. The fraction of sp³-hybridized carbons (Fsp3) is 0.556. The third-order valence-electron chi connectivity index (χ3n) is 1.89. The van der Waals surface area contributed by atoms with Gasteiger partial charge in [0.05, 0.1) is 0 Å². The summed E-state index contributed by atoms with van der Waals surface area (Å²) in [6.07, 6.45) is 0.762. The van der Waals surface area contributed by atoms with Crippen molar-refractivity contribution in [1.82, 2.24) is 9.97 Å². The highest BCUT2D eigenvalue weighted by Gasteiger charge is 2.08. The maximum atomic E-state index is 8.69. The number of hydrazine groups is 1. The minimum absolute atomic E-state index is 0.206. The molecule has 0 saturated carbocycles. The topological polar surface area (TPSA) is 84.1 Å². The number of hydrogen-bond acceptors (Lipinski definition) is 6. The summed E-state index contributed by atoms with van der Waals surface area (Å²) in [7, 11) is 0. The lowest BCUT2D eigenvalue weighted by atomic mass is 10.3. The minimum Gasteiger partial charge on any atom is -0.396 e. The number of nitrogens with zero attached hydrogens (tertiary/aromatic N) is 2. The van der Waals surface area contributed by atoms with Crippen LogP contribution in [-0.4, -0.2) is 27.4 Å². The molecule has 0 aromatic carbocycles. The first kappa shape index (κ1) is 12.2. The molecule has 84 valence electrons. The Morgan fingerprint density at radius 1 is 1.40 bits per heavy atom. The Morgan fingerprint density at radius 3 is 2.73 bits per heavy atom. The molecule has 0 saturated heterocycles. The van der Waals surface area contributed by atoms with Gasteiger partial charge in [0.1, 0.15) is 16.7 Å². The second-order valence-corrected chi connectivity index (χ2v) is 4.20. The predicted molar refractivity (Wildman–Crippen MR) is 61.7 cm³/mol. The molecule has 0 spiro atoms. The molecular formula is C9H16N4OS. The molecule has 1 heterocycles. The number of thioether (sulfide) groups is 1. The van der Waals surface area contributed by atoms with Crippen LogP contribution >= 0.6 is 11.8 Å². The van der Waals surface area contributed by atoms with Crippen molar-refractivity contribution in [2.24, 2.45) is 5.84 Å². The second-order valence-electron chi connectivity index (χ2n) is 3.12. The van der Waals surface area contributed by atoms with E-state index in [1.807, 2.05) is 13.8 Å². The molecule has 0 aliphatic carbocycles. The zero-order valence-corrected chi connectivity index (χ0v) is 9.77. The highest BCUT2D eigenvalue weighted by atomic mass is 32.2. The summed E-state index contributed by atoms with van der Waals surface area (Å²) >= 11 is 1.61. The van der Waals surface area contributed by atoms with Crippen molar-refractivity contribution >= 4 is 17.6 Å². The van der Waals surface area contributed by atoms with Crippen molar-refractivity contribution < 1.29 is 5.11 Å². The molecule has 1 aromatic rings. The fourth-order valence-electron chi connectivity index (χ4n) is 1.12. The van der Waals surface area contributed by atoms with Gasteiger partial charge in [-0.05, 0) is 20.3 Å². The number of hydrogen-bond donors (Lipinski definition) is 3. The zero-order valence-electron chi connectivity index (χ0n) is 8.95. The number of aliphatic hydroxyl groups excluding tert-OH is 1. The highest BCUT2D eigenvalue weighted by molar-refractivity contribution is 7.99. The molecular weight excluding hydrogens is 212 g/mol. The van der Waals surface area contributed by atoms with Gasteiger partial charge < -0.3 is 10.5 Å². The molecule has 15 heavy (non-hydrogen) atoms. The summed E-state index contributed by atoms with van der Waals surface area (Å²) in [5.74, 6) is 7.55. The van der Waals surface area contributed by atoms with Crippen LogP contribution in [0, 0.1) is 13.8 Å². The lowest BCUT2D eigenvalue weighted by Gasteiger charge is -2.09. The molecule has 0 aliphatic rings. The van der Waals surface area contributed by atoms with Crippen molar-refractivity contribution in [2.75, 3.05) is 17.8 Å². The molecule has 0 atom stereocenters. The van der Waals surface area contributed by atoms with E-state index in [0.29, 0.717) is 11.6 Å². The Kier molecular flexibility index (Phi) is 4.80. The van der Waals surface area contributed by atoms with Gasteiger partial charge in [-0.3, -0.25) is 0 Å². The SMILES string of the molecule is Cc1nc(NN)c(C)c(SCCCO)n1. The second kappa shape index (κ2) is 5.89. The van der Waals surface area contributed by atoms with Crippen molar-refractivity contribution in [3.63, 3.8) is 0 Å². The van der Waals surface area contributed by atoms with E-state index in [9.17, 15) is 0 Å². The summed E-state index contributed by atoms with van der Waals surface area (Å²) in [6.45, 7) is 3.96. The van der Waals surface area contributed by atoms with E-state index in [1.165, 1.54) is 0 Å². The lowest BCUT2D eigenvalue weighted by molar-refractivity contribution is 0.296. The van der Waals surface area contributed by atoms with Crippen LogP contribution in [0.4, 0.5) is 5.82 Å². The number of anilines is 1. The molecule has 0 unspecified atom stereocenters. The summed E-state index contributed by atoms with van der Waals surface area (Å²) in [5, 5.41) is 9.61. The standard InChI is InChI=1S/C9H16N4OS/c1-6-8(13-10)11-7(2)12-9(6)15-5-3-4-14/h14H,3-5,10H2,1-2H3,(H,11,12,13). The van der Waals surface area contributed by atoms with E-state index < -0.39 is 0 Å². The maximum Gasteiger partial charge on any atom is 0.147 e. The molecule has 0 radical (unpaired) electrons. The van der Waals surface area contributed by atoms with Crippen molar-refractivity contribution in [3.05, 3.63) is 11.4 Å². The highest BCUT2D eigenvalue weighted by Crippen LogP contribution is 2.24. The Balaban J connectivity index is 2.81. The molecule has 0 aliphatic heterocycles. The number of aliphatic hydroxyl groups is 1. The summed E-state index contributed by atoms with van der Waals surface area (Å²) < 4.78 is 0. The predicted octanol–water partition coefficient (Wildman–Crippen LogP) is 0.854. The van der Waals surface area contributed by atoms with E-state index in [1.54, 1.807) is 11.8 Å². The molecule has 0 amide bonds. The first-order chi connectivity index (χ1) is 7.19. The normalized spacial score (nSPS) is 10.4. The molecule has 0 fully saturated rings. The third kappa shape index (κ3) is 3.33. The summed E-state index contributed by atoms with van der Waals surface area (Å²) in [4.78, 5) is 8.50. The Bertz CT molecular complexity index is 332. The Morgan fingerprint density at radius 2 is 2.13 bits per heavy atom. The average Bonchev–Trinajstić information content (AvgIpc) is 2.23. The van der Waals surface area contributed by atoms with Crippen LogP contribution in [0.15, 0.2) is 5.03 Å². The molecule has 6 heteroatoms. The van der Waals surface area contributed by atoms with E-state index in [-0.39, 0.29) is 6.61 Å². The number of nitrogen functional groups attached to an aromatic ring is 1. The van der Waals surface area contributed by atoms with Gasteiger partial charge in [-0.15, -0.1) is 11.8 Å². The number of aromatic nitrogens is 2. The van der Waals surface area contributed by atoms with Gasteiger partial charge in [0.2, 0.25) is 0 Å². The van der Waals surface area contributed by atoms with Crippen molar-refractivity contribution in [3.8, 4) is 0 Å². The molecule has 1 rings (SSSR count). The Hall–Kier alpha value is -0.850. The first-order valence-corrected chi connectivity index (χ1v) is 5.73. The lowest BCUT2D eigenvalue weighted by Crippen LogP contribution is -2.12. The van der Waals surface area contributed by atoms with Crippen LogP contribution in [0.3, 0.4) is 0 Å². The smallest absolute Gasteiger partial charge is 0.147 e. The number of nitrogens with one attached hydrogen (secondary N) is 1. The van der Waals surface area contributed by atoms with Gasteiger partial charge >= 0.3 is 0 Å².